The molecule has 1 aromatic heterocycles. The largest absolute Gasteiger partial charge is 0.369 e. The van der Waals surface area contributed by atoms with Crippen LogP contribution in [0.25, 0.3) is 11.0 Å². The van der Waals surface area contributed by atoms with Crippen molar-refractivity contribution in [1.29, 1.82) is 0 Å². The number of aryl methyl sites for hydroxylation is 1. The summed E-state index contributed by atoms with van der Waals surface area (Å²) < 4.78 is 7.21. The molecule has 108 valence electrons. The van der Waals surface area contributed by atoms with E-state index >= 15 is 0 Å². The van der Waals surface area contributed by atoms with Gasteiger partial charge in [-0.1, -0.05) is 18.5 Å². The Morgan fingerprint density at radius 1 is 1.50 bits per heavy atom. The molecule has 20 heavy (non-hydrogen) atoms. The second-order valence-electron chi connectivity index (χ2n) is 4.47. The summed E-state index contributed by atoms with van der Waals surface area (Å²) in [5, 5.41) is 3.42. The molecule has 1 atom stereocenters. The highest BCUT2D eigenvalue weighted by molar-refractivity contribution is 6.31. The SMILES string of the molecule is CCOC(CC)C(=O)Nc1nc2cc(Cl)ccc2n1C. The summed E-state index contributed by atoms with van der Waals surface area (Å²) in [6, 6.07) is 5.44. The first-order chi connectivity index (χ1) is 9.56. The van der Waals surface area contributed by atoms with Crippen LogP contribution in [0.3, 0.4) is 0 Å². The van der Waals surface area contributed by atoms with Gasteiger partial charge in [0.25, 0.3) is 5.91 Å². The van der Waals surface area contributed by atoms with Gasteiger partial charge in [0.15, 0.2) is 0 Å². The molecular weight excluding hydrogens is 278 g/mol. The van der Waals surface area contributed by atoms with Gasteiger partial charge in [0, 0.05) is 18.7 Å². The molecule has 0 bridgehead atoms. The van der Waals surface area contributed by atoms with E-state index in [1.54, 1.807) is 12.1 Å². The molecule has 0 aliphatic carbocycles. The maximum Gasteiger partial charge on any atom is 0.255 e. The normalized spacial score (nSPS) is 12.6. The Balaban J connectivity index is 2.25. The molecule has 0 radical (unpaired) electrons. The molecular formula is C14H18ClN3O2. The summed E-state index contributed by atoms with van der Waals surface area (Å²) >= 11 is 5.94. The fraction of sp³-hybridized carbons (Fsp3) is 0.429. The van der Waals surface area contributed by atoms with Gasteiger partial charge in [-0.3, -0.25) is 10.1 Å². The van der Waals surface area contributed by atoms with Gasteiger partial charge in [0.1, 0.15) is 6.10 Å². The Morgan fingerprint density at radius 3 is 2.90 bits per heavy atom. The van der Waals surface area contributed by atoms with Gasteiger partial charge >= 0.3 is 0 Å². The zero-order valence-electron chi connectivity index (χ0n) is 11.8. The van der Waals surface area contributed by atoms with E-state index in [0.717, 1.165) is 11.0 Å². The molecule has 1 aromatic carbocycles. The molecule has 1 unspecified atom stereocenters. The minimum absolute atomic E-state index is 0.182. The number of rotatable bonds is 5. The van der Waals surface area contributed by atoms with Crippen LogP contribution < -0.4 is 5.32 Å². The van der Waals surface area contributed by atoms with Gasteiger partial charge in [0.2, 0.25) is 5.95 Å². The van der Waals surface area contributed by atoms with Crippen LogP contribution in [0, 0.1) is 0 Å². The second kappa shape index (κ2) is 6.24. The zero-order chi connectivity index (χ0) is 14.7. The fourth-order valence-corrected chi connectivity index (χ4v) is 2.22. The van der Waals surface area contributed by atoms with Crippen molar-refractivity contribution in [3.8, 4) is 0 Å². The van der Waals surface area contributed by atoms with Crippen LogP contribution in [0.5, 0.6) is 0 Å². The predicted octanol–water partition coefficient (Wildman–Crippen LogP) is 2.98. The highest BCUT2D eigenvalue weighted by atomic mass is 35.5. The van der Waals surface area contributed by atoms with E-state index < -0.39 is 6.10 Å². The van der Waals surface area contributed by atoms with Crippen LogP contribution in [0.2, 0.25) is 5.02 Å². The number of amides is 1. The monoisotopic (exact) mass is 295 g/mol. The number of benzene rings is 1. The van der Waals surface area contributed by atoms with Crippen molar-refractivity contribution in [1.82, 2.24) is 9.55 Å². The van der Waals surface area contributed by atoms with E-state index in [1.165, 1.54) is 0 Å². The molecule has 2 rings (SSSR count). The maximum absolute atomic E-state index is 12.1. The van der Waals surface area contributed by atoms with Gasteiger partial charge < -0.3 is 9.30 Å². The number of imidazole rings is 1. The highest BCUT2D eigenvalue weighted by Crippen LogP contribution is 2.22. The smallest absolute Gasteiger partial charge is 0.255 e. The second-order valence-corrected chi connectivity index (χ2v) is 4.91. The lowest BCUT2D eigenvalue weighted by Gasteiger charge is -2.14. The number of halogens is 1. The summed E-state index contributed by atoms with van der Waals surface area (Å²) in [5.41, 5.74) is 1.66. The zero-order valence-corrected chi connectivity index (χ0v) is 12.6. The van der Waals surface area contributed by atoms with E-state index in [-0.39, 0.29) is 5.91 Å². The number of anilines is 1. The molecule has 6 heteroatoms. The average Bonchev–Trinajstić information content (AvgIpc) is 2.72. The molecule has 0 saturated carbocycles. The first-order valence-corrected chi connectivity index (χ1v) is 6.99. The summed E-state index contributed by atoms with van der Waals surface area (Å²) in [6.07, 6.45) is 0.165. The fourth-order valence-electron chi connectivity index (χ4n) is 2.06. The number of nitrogens with one attached hydrogen (secondary N) is 1. The summed E-state index contributed by atoms with van der Waals surface area (Å²) in [7, 11) is 1.85. The third-order valence-electron chi connectivity index (χ3n) is 3.11. The van der Waals surface area contributed by atoms with E-state index in [9.17, 15) is 4.79 Å². The Hall–Kier alpha value is -1.59. The first-order valence-electron chi connectivity index (χ1n) is 6.61. The van der Waals surface area contributed by atoms with E-state index in [0.29, 0.717) is 24.0 Å². The highest BCUT2D eigenvalue weighted by Gasteiger charge is 2.19. The van der Waals surface area contributed by atoms with Crippen molar-refractivity contribution < 1.29 is 9.53 Å². The van der Waals surface area contributed by atoms with Crippen LogP contribution in [0.15, 0.2) is 18.2 Å². The molecule has 1 amide bonds. The van der Waals surface area contributed by atoms with E-state index in [2.05, 4.69) is 10.3 Å². The lowest BCUT2D eigenvalue weighted by Crippen LogP contribution is -2.30. The summed E-state index contributed by atoms with van der Waals surface area (Å²) in [6.45, 7) is 4.28. The Kier molecular flexibility index (Phi) is 4.62. The third kappa shape index (κ3) is 2.94. The number of fused-ring (bicyclic) bond motifs is 1. The number of nitrogens with zero attached hydrogens (tertiary/aromatic N) is 2. The van der Waals surface area contributed by atoms with Crippen molar-refractivity contribution in [2.24, 2.45) is 7.05 Å². The maximum atomic E-state index is 12.1. The van der Waals surface area contributed by atoms with Crippen LogP contribution >= 0.6 is 11.6 Å². The van der Waals surface area contributed by atoms with Crippen molar-refractivity contribution in [3.05, 3.63) is 23.2 Å². The lowest BCUT2D eigenvalue weighted by atomic mass is 10.2. The van der Waals surface area contributed by atoms with Gasteiger partial charge in [-0.25, -0.2) is 4.98 Å². The average molecular weight is 296 g/mol. The van der Waals surface area contributed by atoms with Gasteiger partial charge in [-0.15, -0.1) is 0 Å². The number of carbonyl (C=O) groups is 1. The number of hydrogen-bond donors (Lipinski definition) is 1. The van der Waals surface area contributed by atoms with Crippen LogP contribution in [-0.2, 0) is 16.6 Å². The Labute approximate surface area is 122 Å². The third-order valence-corrected chi connectivity index (χ3v) is 3.34. The van der Waals surface area contributed by atoms with Crippen molar-refractivity contribution >= 4 is 34.5 Å². The van der Waals surface area contributed by atoms with Crippen molar-refractivity contribution in [2.45, 2.75) is 26.4 Å². The summed E-state index contributed by atoms with van der Waals surface area (Å²) in [5.74, 6) is 0.310. The molecule has 0 spiro atoms. The van der Waals surface area contributed by atoms with Gasteiger partial charge in [0.05, 0.1) is 11.0 Å². The molecule has 0 aliphatic heterocycles. The van der Waals surface area contributed by atoms with Crippen LogP contribution in [-0.4, -0.2) is 28.2 Å². The summed E-state index contributed by atoms with van der Waals surface area (Å²) in [4.78, 5) is 16.5. The Bertz CT molecular complexity index is 624. The predicted molar refractivity (Wildman–Crippen MR) is 80.1 cm³/mol. The van der Waals surface area contributed by atoms with Crippen LogP contribution in [0.4, 0.5) is 5.95 Å². The van der Waals surface area contributed by atoms with E-state index in [1.807, 2.05) is 31.5 Å². The minimum Gasteiger partial charge on any atom is -0.369 e. The lowest BCUT2D eigenvalue weighted by molar-refractivity contribution is -0.127. The van der Waals surface area contributed by atoms with Crippen molar-refractivity contribution in [3.63, 3.8) is 0 Å². The van der Waals surface area contributed by atoms with Crippen molar-refractivity contribution in [2.75, 3.05) is 11.9 Å². The Morgan fingerprint density at radius 2 is 2.25 bits per heavy atom. The molecule has 1 N–H and O–H groups in total. The van der Waals surface area contributed by atoms with E-state index in [4.69, 9.17) is 16.3 Å². The quantitative estimate of drug-likeness (QED) is 0.922. The standard InChI is InChI=1S/C14H18ClN3O2/c1-4-12(20-5-2)13(19)17-14-16-10-8-9(15)6-7-11(10)18(14)3/h6-8,12H,4-5H2,1-3H3,(H,16,17,19). The minimum atomic E-state index is -0.455. The molecule has 0 saturated heterocycles. The van der Waals surface area contributed by atoms with Gasteiger partial charge in [-0.05, 0) is 31.5 Å². The number of aromatic nitrogens is 2. The number of ether oxygens (including phenoxy) is 1. The van der Waals surface area contributed by atoms with Crippen LogP contribution in [0.1, 0.15) is 20.3 Å². The topological polar surface area (TPSA) is 56.1 Å². The molecule has 0 fully saturated rings. The first kappa shape index (κ1) is 14.8. The van der Waals surface area contributed by atoms with Gasteiger partial charge in [-0.2, -0.15) is 0 Å². The number of carbonyl (C=O) groups excluding carboxylic acids is 1. The molecule has 5 nitrogen and oxygen atoms in total. The molecule has 1 heterocycles. The molecule has 0 aliphatic rings. The number of hydrogen-bond acceptors (Lipinski definition) is 3. The molecule has 2 aromatic rings.